The average molecular weight is 463 g/mol. The van der Waals surface area contributed by atoms with Gasteiger partial charge in [-0.1, -0.05) is 12.1 Å². The monoisotopic (exact) mass is 462 g/mol. The van der Waals surface area contributed by atoms with Gasteiger partial charge in [0.2, 0.25) is 11.8 Å². The van der Waals surface area contributed by atoms with Gasteiger partial charge in [0.1, 0.15) is 12.6 Å². The summed E-state index contributed by atoms with van der Waals surface area (Å²) < 4.78 is 0. The maximum absolute atomic E-state index is 13.6. The van der Waals surface area contributed by atoms with Gasteiger partial charge in [0.15, 0.2) is 0 Å². The lowest BCUT2D eigenvalue weighted by atomic mass is 9.95. The normalized spacial score (nSPS) is 17.2. The molecule has 2 heterocycles. The summed E-state index contributed by atoms with van der Waals surface area (Å²) in [5.74, 6) is -0.394. The van der Waals surface area contributed by atoms with Gasteiger partial charge in [-0.25, -0.2) is 0 Å². The van der Waals surface area contributed by atoms with Crippen LogP contribution in [0.25, 0.3) is 0 Å². The van der Waals surface area contributed by atoms with E-state index in [1.165, 1.54) is 0 Å². The lowest BCUT2D eigenvalue weighted by Crippen LogP contribution is -2.56. The van der Waals surface area contributed by atoms with Crippen molar-refractivity contribution in [2.24, 2.45) is 0 Å². The van der Waals surface area contributed by atoms with Crippen molar-refractivity contribution in [1.82, 2.24) is 4.90 Å². The predicted molar refractivity (Wildman–Crippen MR) is 136 cm³/mol. The SMILES string of the molecule is CCN(CC)C(=O)c1ccc2c(c1)N(CC(=O)Nc1cc(C)ccc1C)C(=O)C1CCCCN21. The van der Waals surface area contributed by atoms with Gasteiger partial charge < -0.3 is 15.1 Å². The van der Waals surface area contributed by atoms with Crippen LogP contribution in [0.3, 0.4) is 0 Å². The second kappa shape index (κ2) is 9.87. The van der Waals surface area contributed by atoms with Crippen LogP contribution in [0.15, 0.2) is 36.4 Å². The van der Waals surface area contributed by atoms with Crippen molar-refractivity contribution < 1.29 is 14.4 Å². The number of anilines is 3. The molecule has 0 spiro atoms. The number of nitrogens with zero attached hydrogens (tertiary/aromatic N) is 3. The molecule has 1 N–H and O–H groups in total. The second-order valence-electron chi connectivity index (χ2n) is 9.18. The molecule has 7 heteroatoms. The number of hydrogen-bond donors (Lipinski definition) is 1. The molecule has 34 heavy (non-hydrogen) atoms. The van der Waals surface area contributed by atoms with Crippen molar-refractivity contribution in [2.45, 2.75) is 53.0 Å². The summed E-state index contributed by atoms with van der Waals surface area (Å²) in [6, 6.07) is 11.2. The minimum atomic E-state index is -0.265. The lowest BCUT2D eigenvalue weighted by molar-refractivity contribution is -0.123. The number of fused-ring (bicyclic) bond motifs is 3. The Kier molecular flexibility index (Phi) is 6.91. The Hall–Kier alpha value is -3.35. The van der Waals surface area contributed by atoms with Gasteiger partial charge >= 0.3 is 0 Å². The first-order valence-electron chi connectivity index (χ1n) is 12.2. The molecule has 2 aromatic carbocycles. The number of carbonyl (C=O) groups excluding carboxylic acids is 3. The topological polar surface area (TPSA) is 73.0 Å². The Morgan fingerprint density at radius 1 is 1.03 bits per heavy atom. The van der Waals surface area contributed by atoms with Crippen LogP contribution >= 0.6 is 0 Å². The van der Waals surface area contributed by atoms with E-state index in [0.717, 1.165) is 48.3 Å². The van der Waals surface area contributed by atoms with E-state index >= 15 is 0 Å². The molecule has 0 aromatic heterocycles. The van der Waals surface area contributed by atoms with Crippen molar-refractivity contribution in [2.75, 3.05) is 41.3 Å². The van der Waals surface area contributed by atoms with E-state index in [4.69, 9.17) is 0 Å². The number of carbonyl (C=O) groups is 3. The van der Waals surface area contributed by atoms with Crippen LogP contribution in [-0.4, -0.2) is 54.8 Å². The van der Waals surface area contributed by atoms with Crippen LogP contribution in [0.5, 0.6) is 0 Å². The first-order chi connectivity index (χ1) is 16.3. The lowest BCUT2D eigenvalue weighted by Gasteiger charge is -2.45. The quantitative estimate of drug-likeness (QED) is 0.701. The highest BCUT2D eigenvalue weighted by Gasteiger charge is 2.40. The summed E-state index contributed by atoms with van der Waals surface area (Å²) in [6.07, 6.45) is 2.78. The number of rotatable bonds is 6. The average Bonchev–Trinajstić information content (AvgIpc) is 2.84. The molecule has 1 fully saturated rings. The molecule has 0 aliphatic carbocycles. The summed E-state index contributed by atoms with van der Waals surface area (Å²) in [7, 11) is 0. The molecule has 1 atom stereocenters. The molecular weight excluding hydrogens is 428 g/mol. The number of benzene rings is 2. The molecule has 2 aliphatic rings. The summed E-state index contributed by atoms with van der Waals surface area (Å²) >= 11 is 0. The molecule has 2 aromatic rings. The predicted octanol–water partition coefficient (Wildman–Crippen LogP) is 4.13. The smallest absolute Gasteiger partial charge is 0.253 e. The zero-order valence-electron chi connectivity index (χ0n) is 20.6. The second-order valence-corrected chi connectivity index (χ2v) is 9.18. The zero-order valence-corrected chi connectivity index (χ0v) is 20.6. The van der Waals surface area contributed by atoms with E-state index < -0.39 is 0 Å². The molecule has 0 saturated carbocycles. The fourth-order valence-electron chi connectivity index (χ4n) is 4.95. The highest BCUT2D eigenvalue weighted by atomic mass is 16.2. The first-order valence-corrected chi connectivity index (χ1v) is 12.2. The van der Waals surface area contributed by atoms with Gasteiger partial charge in [-0.2, -0.15) is 0 Å². The first kappa shape index (κ1) is 23.8. The van der Waals surface area contributed by atoms with Crippen molar-refractivity contribution in [1.29, 1.82) is 0 Å². The molecule has 1 saturated heterocycles. The van der Waals surface area contributed by atoms with Crippen molar-refractivity contribution >= 4 is 34.8 Å². The molecule has 180 valence electrons. The standard InChI is InChI=1S/C27H34N4O3/c1-5-29(6-2)26(33)20-12-13-22-24(16-20)31(27(34)23-9-7-8-14-30(22)23)17-25(32)28-21-15-18(3)10-11-19(21)4/h10-13,15-16,23H,5-9,14,17H2,1-4H3,(H,28,32). The third-order valence-electron chi connectivity index (χ3n) is 6.90. The molecule has 1 unspecified atom stereocenters. The molecule has 4 rings (SSSR count). The largest absolute Gasteiger partial charge is 0.358 e. The van der Waals surface area contributed by atoms with Gasteiger partial charge in [-0.15, -0.1) is 0 Å². The van der Waals surface area contributed by atoms with Crippen molar-refractivity contribution in [3.05, 3.63) is 53.1 Å². The highest BCUT2D eigenvalue weighted by molar-refractivity contribution is 6.11. The molecular formula is C27H34N4O3. The fourth-order valence-corrected chi connectivity index (χ4v) is 4.95. The summed E-state index contributed by atoms with van der Waals surface area (Å²) in [5.41, 5.74) is 4.86. The van der Waals surface area contributed by atoms with E-state index in [9.17, 15) is 14.4 Å². The highest BCUT2D eigenvalue weighted by Crippen LogP contribution is 2.40. The van der Waals surface area contributed by atoms with E-state index in [2.05, 4.69) is 10.2 Å². The van der Waals surface area contributed by atoms with Crippen LogP contribution in [0, 0.1) is 13.8 Å². The number of piperidine rings is 1. The van der Waals surface area contributed by atoms with Gasteiger partial charge in [0.05, 0.1) is 11.4 Å². The van der Waals surface area contributed by atoms with E-state index in [0.29, 0.717) is 24.3 Å². The Morgan fingerprint density at radius 2 is 1.79 bits per heavy atom. The van der Waals surface area contributed by atoms with Gasteiger partial charge in [-0.05, 0) is 82.3 Å². The third kappa shape index (κ3) is 4.52. The third-order valence-corrected chi connectivity index (χ3v) is 6.90. The van der Waals surface area contributed by atoms with Gasteiger partial charge in [0.25, 0.3) is 5.91 Å². The molecule has 0 radical (unpaired) electrons. The van der Waals surface area contributed by atoms with Crippen LogP contribution < -0.4 is 15.1 Å². The Bertz CT molecular complexity index is 1110. The summed E-state index contributed by atoms with van der Waals surface area (Å²) in [5, 5.41) is 2.97. The number of nitrogens with one attached hydrogen (secondary N) is 1. The number of hydrogen-bond acceptors (Lipinski definition) is 4. The Balaban J connectivity index is 1.68. The van der Waals surface area contributed by atoms with E-state index in [-0.39, 0.29) is 30.3 Å². The minimum Gasteiger partial charge on any atom is -0.358 e. The molecule has 7 nitrogen and oxygen atoms in total. The maximum atomic E-state index is 13.6. The van der Waals surface area contributed by atoms with E-state index in [1.807, 2.05) is 58.0 Å². The number of amides is 3. The van der Waals surface area contributed by atoms with Crippen LogP contribution in [0.4, 0.5) is 17.1 Å². The number of aryl methyl sites for hydroxylation is 2. The zero-order chi connectivity index (χ0) is 24.4. The Morgan fingerprint density at radius 3 is 2.53 bits per heavy atom. The van der Waals surface area contributed by atoms with Crippen LogP contribution in [0.1, 0.15) is 54.6 Å². The van der Waals surface area contributed by atoms with Crippen molar-refractivity contribution in [3.8, 4) is 0 Å². The summed E-state index contributed by atoms with van der Waals surface area (Å²) in [6.45, 7) is 9.76. The molecule has 0 bridgehead atoms. The van der Waals surface area contributed by atoms with Gasteiger partial charge in [0, 0.05) is 30.9 Å². The van der Waals surface area contributed by atoms with Crippen LogP contribution in [0.2, 0.25) is 0 Å². The summed E-state index contributed by atoms with van der Waals surface area (Å²) in [4.78, 5) is 45.2. The van der Waals surface area contributed by atoms with Gasteiger partial charge in [-0.3, -0.25) is 19.3 Å². The van der Waals surface area contributed by atoms with Crippen molar-refractivity contribution in [3.63, 3.8) is 0 Å². The minimum absolute atomic E-state index is 0.0687. The van der Waals surface area contributed by atoms with Crippen LogP contribution in [-0.2, 0) is 9.59 Å². The fraction of sp³-hybridized carbons (Fsp3) is 0.444. The molecule has 2 aliphatic heterocycles. The molecule has 3 amide bonds. The Labute approximate surface area is 201 Å². The van der Waals surface area contributed by atoms with E-state index in [1.54, 1.807) is 15.9 Å². The maximum Gasteiger partial charge on any atom is 0.253 e.